The summed E-state index contributed by atoms with van der Waals surface area (Å²) in [5.74, 6) is 2.10. The third-order valence-electron chi connectivity index (χ3n) is 3.75. The van der Waals surface area contributed by atoms with Crippen LogP contribution >= 0.6 is 0 Å². The van der Waals surface area contributed by atoms with Crippen molar-refractivity contribution in [3.63, 3.8) is 0 Å². The van der Waals surface area contributed by atoms with Crippen LogP contribution in [0.2, 0.25) is 0 Å². The van der Waals surface area contributed by atoms with E-state index < -0.39 is 6.03 Å². The molecule has 5 nitrogen and oxygen atoms in total. The number of hydrogen-bond acceptors (Lipinski definition) is 3. The first-order chi connectivity index (χ1) is 8.08. The lowest BCUT2D eigenvalue weighted by atomic mass is 9.97. The van der Waals surface area contributed by atoms with Crippen LogP contribution in [0.5, 0.6) is 0 Å². The fraction of sp³-hybridized carbons (Fsp3) is 0.833. The minimum atomic E-state index is -0.787. The first kappa shape index (κ1) is 12.4. The van der Waals surface area contributed by atoms with E-state index in [2.05, 4.69) is 10.6 Å². The molecule has 0 spiro atoms. The first-order valence-corrected chi connectivity index (χ1v) is 6.41. The Kier molecular flexibility index (Phi) is 3.66. The molecule has 5 heteroatoms. The van der Waals surface area contributed by atoms with Gasteiger partial charge in [0.05, 0.1) is 6.04 Å². The first-order valence-electron chi connectivity index (χ1n) is 6.41. The van der Waals surface area contributed by atoms with Crippen LogP contribution in [0.3, 0.4) is 0 Å². The van der Waals surface area contributed by atoms with E-state index in [0.29, 0.717) is 0 Å². The Balaban J connectivity index is 1.72. The van der Waals surface area contributed by atoms with Crippen LogP contribution in [0, 0.1) is 17.8 Å². The van der Waals surface area contributed by atoms with Gasteiger partial charge in [-0.1, -0.05) is 0 Å². The van der Waals surface area contributed by atoms with Gasteiger partial charge in [0.2, 0.25) is 5.91 Å². The summed E-state index contributed by atoms with van der Waals surface area (Å²) in [5, 5.41) is 5.30. The molecule has 2 rings (SSSR count). The van der Waals surface area contributed by atoms with E-state index in [1.807, 2.05) is 0 Å². The molecule has 0 aliphatic heterocycles. The number of hydrogen-bond donors (Lipinski definition) is 3. The molecule has 0 heterocycles. The van der Waals surface area contributed by atoms with Crippen molar-refractivity contribution in [1.29, 1.82) is 0 Å². The summed E-state index contributed by atoms with van der Waals surface area (Å²) in [5.41, 5.74) is 4.90. The molecule has 2 fully saturated rings. The van der Waals surface area contributed by atoms with Gasteiger partial charge in [0.25, 0.3) is 0 Å². The van der Waals surface area contributed by atoms with Crippen molar-refractivity contribution in [3.05, 3.63) is 0 Å². The van der Waals surface area contributed by atoms with E-state index in [9.17, 15) is 9.59 Å². The highest BCUT2D eigenvalue weighted by atomic mass is 16.2. The minimum absolute atomic E-state index is 0.345. The average Bonchev–Trinajstić information content (AvgIpc) is 3.11. The quantitative estimate of drug-likeness (QED) is 0.634. The third kappa shape index (κ3) is 3.70. The minimum Gasteiger partial charge on any atom is -0.351 e. The van der Waals surface area contributed by atoms with E-state index in [-0.39, 0.29) is 11.9 Å². The Morgan fingerprint density at radius 1 is 1.24 bits per heavy atom. The highest BCUT2D eigenvalue weighted by molar-refractivity contribution is 5.96. The van der Waals surface area contributed by atoms with Gasteiger partial charge in [0, 0.05) is 0 Å². The number of primary amides is 1. The average molecular weight is 239 g/mol. The number of carbonyl (C=O) groups is 2. The smallest absolute Gasteiger partial charge is 0.318 e. The van der Waals surface area contributed by atoms with Crippen LogP contribution in [0.25, 0.3) is 0 Å². The van der Waals surface area contributed by atoms with E-state index in [0.717, 1.165) is 24.3 Å². The lowest BCUT2D eigenvalue weighted by Gasteiger charge is -2.19. The maximum Gasteiger partial charge on any atom is 0.318 e. The molecule has 96 valence electrons. The topological polar surface area (TPSA) is 84.2 Å². The standard InChI is InChI=1S/C12H21N3O2/c1-7(11(16)15-12(13)17)14-6-10(8-2-3-8)9-4-5-9/h7-10,14H,2-6H2,1H3,(H3,13,15,16,17). The van der Waals surface area contributed by atoms with E-state index in [4.69, 9.17) is 5.73 Å². The molecule has 2 saturated carbocycles. The molecular weight excluding hydrogens is 218 g/mol. The van der Waals surface area contributed by atoms with Crippen molar-refractivity contribution in [3.8, 4) is 0 Å². The second-order valence-electron chi connectivity index (χ2n) is 5.32. The van der Waals surface area contributed by atoms with Gasteiger partial charge in [0.15, 0.2) is 0 Å². The van der Waals surface area contributed by atoms with Crippen molar-refractivity contribution < 1.29 is 9.59 Å². The van der Waals surface area contributed by atoms with Crippen LogP contribution in [-0.2, 0) is 4.79 Å². The Morgan fingerprint density at radius 2 is 1.76 bits per heavy atom. The predicted octanol–water partition coefficient (Wildman–Crippen LogP) is 0.596. The van der Waals surface area contributed by atoms with Gasteiger partial charge in [-0.25, -0.2) is 4.79 Å². The lowest BCUT2D eigenvalue weighted by molar-refractivity contribution is -0.121. The summed E-state index contributed by atoms with van der Waals surface area (Å²) < 4.78 is 0. The molecule has 1 unspecified atom stereocenters. The molecule has 0 aromatic rings. The number of carbonyl (C=O) groups excluding carboxylic acids is 2. The summed E-state index contributed by atoms with van der Waals surface area (Å²) in [4.78, 5) is 22.0. The molecule has 2 aliphatic carbocycles. The van der Waals surface area contributed by atoms with Gasteiger partial charge in [-0.15, -0.1) is 0 Å². The third-order valence-corrected chi connectivity index (χ3v) is 3.75. The Morgan fingerprint density at radius 3 is 2.18 bits per heavy atom. The zero-order valence-electron chi connectivity index (χ0n) is 10.2. The molecule has 4 N–H and O–H groups in total. The second kappa shape index (κ2) is 5.04. The molecular formula is C12H21N3O2. The zero-order chi connectivity index (χ0) is 12.4. The number of nitrogens with one attached hydrogen (secondary N) is 2. The normalized spacial score (nSPS) is 21.3. The highest BCUT2D eigenvalue weighted by Crippen LogP contribution is 2.48. The second-order valence-corrected chi connectivity index (χ2v) is 5.32. The monoisotopic (exact) mass is 239 g/mol. The molecule has 0 radical (unpaired) electrons. The van der Waals surface area contributed by atoms with Crippen LogP contribution in [-0.4, -0.2) is 24.5 Å². The Labute approximate surface area is 102 Å². The Hall–Kier alpha value is -1.10. The maximum atomic E-state index is 11.5. The molecule has 1 atom stereocenters. The van der Waals surface area contributed by atoms with Gasteiger partial charge in [-0.05, 0) is 56.9 Å². The number of rotatable bonds is 6. The van der Waals surface area contributed by atoms with Crippen molar-refractivity contribution in [2.24, 2.45) is 23.5 Å². The van der Waals surface area contributed by atoms with Crippen LogP contribution in [0.4, 0.5) is 4.79 Å². The fourth-order valence-corrected chi connectivity index (χ4v) is 2.40. The fourth-order valence-electron chi connectivity index (χ4n) is 2.40. The molecule has 2 aliphatic rings. The molecule has 0 aromatic carbocycles. The van der Waals surface area contributed by atoms with Gasteiger partial charge in [-0.3, -0.25) is 10.1 Å². The Bertz CT molecular complexity index is 299. The number of amides is 3. The lowest BCUT2D eigenvalue weighted by Crippen LogP contribution is -2.47. The summed E-state index contributed by atoms with van der Waals surface area (Å²) in [6.07, 6.45) is 5.35. The van der Waals surface area contributed by atoms with E-state index in [1.54, 1.807) is 6.92 Å². The molecule has 3 amide bonds. The number of nitrogens with two attached hydrogens (primary N) is 1. The van der Waals surface area contributed by atoms with Crippen molar-refractivity contribution in [2.75, 3.05) is 6.54 Å². The van der Waals surface area contributed by atoms with Crippen LogP contribution in [0.1, 0.15) is 32.6 Å². The van der Waals surface area contributed by atoms with E-state index in [1.165, 1.54) is 25.7 Å². The van der Waals surface area contributed by atoms with Gasteiger partial charge < -0.3 is 11.1 Å². The summed E-state index contributed by atoms with van der Waals surface area (Å²) in [6.45, 7) is 2.64. The van der Waals surface area contributed by atoms with Gasteiger partial charge in [-0.2, -0.15) is 0 Å². The molecule has 0 saturated heterocycles. The van der Waals surface area contributed by atoms with Crippen molar-refractivity contribution >= 4 is 11.9 Å². The summed E-state index contributed by atoms with van der Waals surface area (Å²) in [7, 11) is 0. The summed E-state index contributed by atoms with van der Waals surface area (Å²) in [6, 6.07) is -1.15. The van der Waals surface area contributed by atoms with E-state index >= 15 is 0 Å². The van der Waals surface area contributed by atoms with Crippen molar-refractivity contribution in [2.45, 2.75) is 38.6 Å². The number of urea groups is 1. The van der Waals surface area contributed by atoms with Crippen LogP contribution in [0.15, 0.2) is 0 Å². The summed E-state index contributed by atoms with van der Waals surface area (Å²) >= 11 is 0. The van der Waals surface area contributed by atoms with Crippen LogP contribution < -0.4 is 16.4 Å². The SMILES string of the molecule is CC(NCC(C1CC1)C1CC1)C(=O)NC(N)=O. The van der Waals surface area contributed by atoms with Crippen molar-refractivity contribution in [1.82, 2.24) is 10.6 Å². The predicted molar refractivity (Wildman–Crippen MR) is 64.1 cm³/mol. The number of imide groups is 1. The molecule has 0 bridgehead atoms. The van der Waals surface area contributed by atoms with Gasteiger partial charge in [0.1, 0.15) is 0 Å². The largest absolute Gasteiger partial charge is 0.351 e. The van der Waals surface area contributed by atoms with Gasteiger partial charge >= 0.3 is 6.03 Å². The molecule has 17 heavy (non-hydrogen) atoms. The maximum absolute atomic E-state index is 11.5. The molecule has 0 aromatic heterocycles. The zero-order valence-corrected chi connectivity index (χ0v) is 10.2. The highest BCUT2D eigenvalue weighted by Gasteiger charge is 2.41.